The summed E-state index contributed by atoms with van der Waals surface area (Å²) in [6.07, 6.45) is 2.10. The first-order chi connectivity index (χ1) is 7.19. The highest BCUT2D eigenvalue weighted by molar-refractivity contribution is 5.85. The number of amides is 1. The van der Waals surface area contributed by atoms with Gasteiger partial charge in [0.05, 0.1) is 0 Å². The number of likely N-dealkylation sites (tertiary alicyclic amines) is 1. The van der Waals surface area contributed by atoms with Crippen molar-refractivity contribution >= 4 is 18.3 Å². The van der Waals surface area contributed by atoms with Crippen molar-refractivity contribution in [1.82, 2.24) is 4.90 Å². The summed E-state index contributed by atoms with van der Waals surface area (Å²) in [5.74, 6) is 0.758. The van der Waals surface area contributed by atoms with Gasteiger partial charge in [0.2, 0.25) is 5.91 Å². The predicted octanol–water partition coefficient (Wildman–Crippen LogP) is 1.03. The van der Waals surface area contributed by atoms with Crippen LogP contribution in [0.2, 0.25) is 0 Å². The lowest BCUT2D eigenvalue weighted by Gasteiger charge is -2.37. The molecule has 0 radical (unpaired) electrons. The van der Waals surface area contributed by atoms with Crippen molar-refractivity contribution in [3.63, 3.8) is 0 Å². The third-order valence-electron chi connectivity index (χ3n) is 3.00. The second-order valence-corrected chi connectivity index (χ2v) is 4.24. The Morgan fingerprint density at radius 1 is 1.56 bits per heavy atom. The molecule has 2 atom stereocenters. The van der Waals surface area contributed by atoms with Crippen LogP contribution in [-0.4, -0.2) is 43.2 Å². The lowest BCUT2D eigenvalue weighted by molar-refractivity contribution is -0.140. The molecule has 1 heterocycles. The molecule has 0 aromatic rings. The summed E-state index contributed by atoms with van der Waals surface area (Å²) in [5.41, 5.74) is 5.69. The van der Waals surface area contributed by atoms with Crippen molar-refractivity contribution in [1.29, 1.82) is 0 Å². The number of halogens is 1. The Balaban J connectivity index is 0.00000225. The van der Waals surface area contributed by atoms with Crippen LogP contribution in [0.25, 0.3) is 0 Å². The SMILES string of the molecule is CCOCC(=O)N1CCC(C)CC1CN.Cl. The van der Waals surface area contributed by atoms with Gasteiger partial charge < -0.3 is 15.4 Å². The molecular formula is C11H23ClN2O2. The molecule has 96 valence electrons. The second kappa shape index (κ2) is 7.87. The van der Waals surface area contributed by atoms with E-state index in [0.717, 1.165) is 19.4 Å². The van der Waals surface area contributed by atoms with Gasteiger partial charge in [-0.05, 0) is 25.7 Å². The van der Waals surface area contributed by atoms with Crippen LogP contribution in [0, 0.1) is 5.92 Å². The Bertz CT molecular complexity index is 214. The largest absolute Gasteiger partial charge is 0.372 e. The average Bonchev–Trinajstić information content (AvgIpc) is 2.25. The molecule has 2 unspecified atom stereocenters. The number of piperidine rings is 1. The molecule has 0 bridgehead atoms. The Morgan fingerprint density at radius 3 is 2.81 bits per heavy atom. The monoisotopic (exact) mass is 250 g/mol. The van der Waals surface area contributed by atoms with E-state index in [9.17, 15) is 4.79 Å². The molecule has 0 aromatic carbocycles. The number of ether oxygens (including phenoxy) is 1. The van der Waals surface area contributed by atoms with Gasteiger partial charge in [0.1, 0.15) is 6.61 Å². The molecule has 1 rings (SSSR count). The fraction of sp³-hybridized carbons (Fsp3) is 0.909. The maximum atomic E-state index is 11.8. The molecule has 4 nitrogen and oxygen atoms in total. The van der Waals surface area contributed by atoms with Gasteiger partial charge in [0, 0.05) is 25.7 Å². The van der Waals surface area contributed by atoms with Crippen LogP contribution in [0.5, 0.6) is 0 Å². The quantitative estimate of drug-likeness (QED) is 0.811. The number of rotatable bonds is 4. The fourth-order valence-electron chi connectivity index (χ4n) is 2.08. The van der Waals surface area contributed by atoms with Crippen molar-refractivity contribution in [3.8, 4) is 0 Å². The number of nitrogens with zero attached hydrogens (tertiary/aromatic N) is 1. The molecule has 1 amide bonds. The topological polar surface area (TPSA) is 55.6 Å². The summed E-state index contributed by atoms with van der Waals surface area (Å²) in [6, 6.07) is 0.210. The summed E-state index contributed by atoms with van der Waals surface area (Å²) < 4.78 is 5.14. The summed E-state index contributed by atoms with van der Waals surface area (Å²) in [5, 5.41) is 0. The Hall–Kier alpha value is -0.320. The van der Waals surface area contributed by atoms with E-state index in [4.69, 9.17) is 10.5 Å². The van der Waals surface area contributed by atoms with E-state index in [-0.39, 0.29) is 31.0 Å². The highest BCUT2D eigenvalue weighted by Crippen LogP contribution is 2.21. The summed E-state index contributed by atoms with van der Waals surface area (Å²) >= 11 is 0. The summed E-state index contributed by atoms with van der Waals surface area (Å²) in [7, 11) is 0. The number of carbonyl (C=O) groups is 1. The van der Waals surface area contributed by atoms with E-state index in [0.29, 0.717) is 19.1 Å². The van der Waals surface area contributed by atoms with Crippen LogP contribution < -0.4 is 5.73 Å². The van der Waals surface area contributed by atoms with Gasteiger partial charge in [-0.3, -0.25) is 4.79 Å². The smallest absolute Gasteiger partial charge is 0.248 e. The molecular weight excluding hydrogens is 228 g/mol. The number of nitrogens with two attached hydrogens (primary N) is 1. The molecule has 0 aliphatic carbocycles. The highest BCUT2D eigenvalue weighted by Gasteiger charge is 2.28. The number of hydrogen-bond acceptors (Lipinski definition) is 3. The fourth-order valence-corrected chi connectivity index (χ4v) is 2.08. The van der Waals surface area contributed by atoms with E-state index < -0.39 is 0 Å². The van der Waals surface area contributed by atoms with E-state index in [1.807, 2.05) is 11.8 Å². The maximum Gasteiger partial charge on any atom is 0.248 e. The molecule has 1 saturated heterocycles. The van der Waals surface area contributed by atoms with Gasteiger partial charge in [-0.25, -0.2) is 0 Å². The first-order valence-electron chi connectivity index (χ1n) is 5.76. The third kappa shape index (κ3) is 4.28. The van der Waals surface area contributed by atoms with E-state index in [1.54, 1.807) is 0 Å². The van der Waals surface area contributed by atoms with Crippen molar-refractivity contribution in [2.75, 3.05) is 26.3 Å². The minimum atomic E-state index is 0. The predicted molar refractivity (Wildman–Crippen MR) is 66.7 cm³/mol. The van der Waals surface area contributed by atoms with Crippen LogP contribution in [0.15, 0.2) is 0 Å². The van der Waals surface area contributed by atoms with Crippen LogP contribution in [0.3, 0.4) is 0 Å². The third-order valence-corrected chi connectivity index (χ3v) is 3.00. The van der Waals surface area contributed by atoms with Crippen molar-refractivity contribution in [2.24, 2.45) is 11.7 Å². The van der Waals surface area contributed by atoms with Gasteiger partial charge in [0.25, 0.3) is 0 Å². The van der Waals surface area contributed by atoms with Gasteiger partial charge in [0.15, 0.2) is 0 Å². The zero-order valence-corrected chi connectivity index (χ0v) is 11.0. The van der Waals surface area contributed by atoms with E-state index in [1.165, 1.54) is 0 Å². The van der Waals surface area contributed by atoms with Crippen LogP contribution in [0.4, 0.5) is 0 Å². The zero-order valence-electron chi connectivity index (χ0n) is 10.1. The highest BCUT2D eigenvalue weighted by atomic mass is 35.5. The normalized spacial score (nSPS) is 25.1. The number of hydrogen-bond donors (Lipinski definition) is 1. The van der Waals surface area contributed by atoms with Gasteiger partial charge in [-0.15, -0.1) is 12.4 Å². The van der Waals surface area contributed by atoms with Crippen molar-refractivity contribution in [3.05, 3.63) is 0 Å². The average molecular weight is 251 g/mol. The Labute approximate surface area is 104 Å². The van der Waals surface area contributed by atoms with Gasteiger partial charge in [-0.1, -0.05) is 6.92 Å². The van der Waals surface area contributed by atoms with Crippen molar-refractivity contribution in [2.45, 2.75) is 32.7 Å². The molecule has 0 aromatic heterocycles. The van der Waals surface area contributed by atoms with Crippen LogP contribution >= 0.6 is 12.4 Å². The summed E-state index contributed by atoms with van der Waals surface area (Å²) in [4.78, 5) is 13.7. The minimum Gasteiger partial charge on any atom is -0.372 e. The standard InChI is InChI=1S/C11H22N2O2.ClH/c1-3-15-8-11(14)13-5-4-9(2)6-10(13)7-12;/h9-10H,3-8,12H2,1-2H3;1H. The van der Waals surface area contributed by atoms with Gasteiger partial charge >= 0.3 is 0 Å². The van der Waals surface area contributed by atoms with E-state index >= 15 is 0 Å². The van der Waals surface area contributed by atoms with E-state index in [2.05, 4.69) is 6.92 Å². The van der Waals surface area contributed by atoms with Crippen LogP contribution in [0.1, 0.15) is 26.7 Å². The molecule has 5 heteroatoms. The minimum absolute atomic E-state index is 0. The molecule has 2 N–H and O–H groups in total. The lowest BCUT2D eigenvalue weighted by atomic mass is 9.92. The second-order valence-electron chi connectivity index (χ2n) is 4.24. The zero-order chi connectivity index (χ0) is 11.3. The van der Waals surface area contributed by atoms with Crippen molar-refractivity contribution < 1.29 is 9.53 Å². The van der Waals surface area contributed by atoms with Gasteiger partial charge in [-0.2, -0.15) is 0 Å². The lowest BCUT2D eigenvalue weighted by Crippen LogP contribution is -2.50. The molecule has 0 saturated carbocycles. The molecule has 1 fully saturated rings. The number of carbonyl (C=O) groups excluding carboxylic acids is 1. The molecule has 0 spiro atoms. The Morgan fingerprint density at radius 2 is 2.25 bits per heavy atom. The molecule has 16 heavy (non-hydrogen) atoms. The summed E-state index contributed by atoms with van der Waals surface area (Å²) in [6.45, 7) is 6.28. The first-order valence-corrected chi connectivity index (χ1v) is 5.76. The maximum absolute atomic E-state index is 11.8. The Kier molecular flexibility index (Phi) is 7.72. The molecule has 1 aliphatic heterocycles. The van der Waals surface area contributed by atoms with Crippen LogP contribution in [-0.2, 0) is 9.53 Å². The molecule has 1 aliphatic rings. The first kappa shape index (κ1) is 15.7.